The molecule has 0 unspecified atom stereocenters. The molecule has 2 aliphatic heterocycles. The van der Waals surface area contributed by atoms with Crippen molar-refractivity contribution in [3.8, 4) is 11.3 Å². The second-order valence-electron chi connectivity index (χ2n) is 6.66. The van der Waals surface area contributed by atoms with Crippen LogP contribution in [0.5, 0.6) is 0 Å². The smallest absolute Gasteiger partial charge is 0.253 e. The molecule has 2 fully saturated rings. The Labute approximate surface area is 160 Å². The van der Waals surface area contributed by atoms with E-state index >= 15 is 0 Å². The lowest BCUT2D eigenvalue weighted by molar-refractivity contribution is 0.0607. The third kappa shape index (κ3) is 4.00. The predicted octanol–water partition coefficient (Wildman–Crippen LogP) is 3.40. The van der Waals surface area contributed by atoms with Crippen LogP contribution in [0, 0.1) is 5.41 Å². The summed E-state index contributed by atoms with van der Waals surface area (Å²) in [6.45, 7) is 3.96. The number of carbonyl (C=O) groups is 1. The molecule has 2 aromatic rings. The van der Waals surface area contributed by atoms with Crippen molar-refractivity contribution in [3.63, 3.8) is 0 Å². The molecule has 0 aliphatic carbocycles. The van der Waals surface area contributed by atoms with Gasteiger partial charge in [-0.25, -0.2) is 4.98 Å². The normalized spacial score (nSPS) is 18.5. The fourth-order valence-electron chi connectivity index (χ4n) is 3.72. The summed E-state index contributed by atoms with van der Waals surface area (Å²) in [7, 11) is 0. The molecule has 0 bridgehead atoms. The SMILES string of the molecule is Cl.Cl.O=C(c1ccc(-c2cnco2)cc1)N1CCC2(CCNC2)CC1. The number of rotatable bonds is 2. The number of oxazole rings is 1. The number of nitrogens with one attached hydrogen (secondary N) is 1. The van der Waals surface area contributed by atoms with E-state index in [-0.39, 0.29) is 30.7 Å². The predicted molar refractivity (Wildman–Crippen MR) is 101 cm³/mol. The van der Waals surface area contributed by atoms with Crippen LogP contribution in [-0.4, -0.2) is 42.0 Å². The highest BCUT2D eigenvalue weighted by Gasteiger charge is 2.38. The number of likely N-dealkylation sites (tertiary alicyclic amines) is 1. The largest absolute Gasteiger partial charge is 0.444 e. The zero-order valence-corrected chi connectivity index (χ0v) is 15.6. The average Bonchev–Trinajstić information content (AvgIpc) is 3.28. The van der Waals surface area contributed by atoms with Gasteiger partial charge in [0.2, 0.25) is 0 Å². The van der Waals surface area contributed by atoms with E-state index in [0.29, 0.717) is 5.41 Å². The van der Waals surface area contributed by atoms with Crippen LogP contribution in [0.3, 0.4) is 0 Å². The van der Waals surface area contributed by atoms with E-state index in [2.05, 4.69) is 10.3 Å². The minimum Gasteiger partial charge on any atom is -0.444 e. The Morgan fingerprint density at radius 2 is 1.84 bits per heavy atom. The number of aromatic nitrogens is 1. The second kappa shape index (κ2) is 8.21. The summed E-state index contributed by atoms with van der Waals surface area (Å²) in [5.41, 5.74) is 2.12. The van der Waals surface area contributed by atoms with Crippen molar-refractivity contribution in [3.05, 3.63) is 42.4 Å². The van der Waals surface area contributed by atoms with Crippen molar-refractivity contribution in [2.45, 2.75) is 19.3 Å². The van der Waals surface area contributed by atoms with Gasteiger partial charge in [-0.2, -0.15) is 0 Å². The molecule has 5 nitrogen and oxygen atoms in total. The quantitative estimate of drug-likeness (QED) is 0.862. The van der Waals surface area contributed by atoms with Crippen LogP contribution in [0.2, 0.25) is 0 Å². The number of benzene rings is 1. The fraction of sp³-hybridized carbons (Fsp3) is 0.444. The van der Waals surface area contributed by atoms with Crippen molar-refractivity contribution in [1.82, 2.24) is 15.2 Å². The highest BCUT2D eigenvalue weighted by Crippen LogP contribution is 2.37. The number of halogens is 2. The number of nitrogens with zero attached hydrogens (tertiary/aromatic N) is 2. The van der Waals surface area contributed by atoms with Gasteiger partial charge >= 0.3 is 0 Å². The third-order valence-electron chi connectivity index (χ3n) is 5.29. The molecule has 0 atom stereocenters. The highest BCUT2D eigenvalue weighted by molar-refractivity contribution is 5.94. The van der Waals surface area contributed by atoms with Crippen LogP contribution in [-0.2, 0) is 0 Å². The van der Waals surface area contributed by atoms with E-state index in [1.165, 1.54) is 12.8 Å². The number of hydrogen-bond donors (Lipinski definition) is 1. The lowest BCUT2D eigenvalue weighted by Crippen LogP contribution is -2.44. The lowest BCUT2D eigenvalue weighted by Gasteiger charge is -2.38. The molecule has 1 amide bonds. The molecule has 0 saturated carbocycles. The zero-order valence-electron chi connectivity index (χ0n) is 13.9. The lowest BCUT2D eigenvalue weighted by atomic mass is 9.78. The summed E-state index contributed by atoms with van der Waals surface area (Å²) < 4.78 is 5.28. The molecule has 1 aromatic carbocycles. The van der Waals surface area contributed by atoms with Crippen LogP contribution in [0.25, 0.3) is 11.3 Å². The molecule has 2 aliphatic rings. The monoisotopic (exact) mass is 383 g/mol. The van der Waals surface area contributed by atoms with Crippen LogP contribution in [0.4, 0.5) is 0 Å². The van der Waals surface area contributed by atoms with E-state index in [9.17, 15) is 4.79 Å². The Morgan fingerprint density at radius 3 is 2.40 bits per heavy atom. The summed E-state index contributed by atoms with van der Waals surface area (Å²) in [6, 6.07) is 7.59. The minimum absolute atomic E-state index is 0. The molecule has 1 N–H and O–H groups in total. The number of hydrogen-bond acceptors (Lipinski definition) is 4. The number of amides is 1. The topological polar surface area (TPSA) is 58.4 Å². The Balaban J connectivity index is 0.00000113. The second-order valence-corrected chi connectivity index (χ2v) is 6.66. The summed E-state index contributed by atoms with van der Waals surface area (Å²) in [5, 5.41) is 3.46. The summed E-state index contributed by atoms with van der Waals surface area (Å²) in [5.74, 6) is 0.854. The summed E-state index contributed by atoms with van der Waals surface area (Å²) in [6.07, 6.45) is 6.57. The zero-order chi connectivity index (χ0) is 15.7. The maximum Gasteiger partial charge on any atom is 0.253 e. The van der Waals surface area contributed by atoms with Gasteiger partial charge in [0.25, 0.3) is 5.91 Å². The molecule has 25 heavy (non-hydrogen) atoms. The van der Waals surface area contributed by atoms with Gasteiger partial charge in [-0.05, 0) is 43.4 Å². The summed E-state index contributed by atoms with van der Waals surface area (Å²) >= 11 is 0. The van der Waals surface area contributed by atoms with Crippen LogP contribution >= 0.6 is 24.8 Å². The van der Waals surface area contributed by atoms with Crippen molar-refractivity contribution in [2.75, 3.05) is 26.2 Å². The number of carbonyl (C=O) groups excluding carboxylic acids is 1. The van der Waals surface area contributed by atoms with Crippen molar-refractivity contribution in [2.24, 2.45) is 5.41 Å². The average molecular weight is 384 g/mol. The van der Waals surface area contributed by atoms with E-state index in [0.717, 1.165) is 55.9 Å². The molecular formula is C18H23Cl2N3O2. The van der Waals surface area contributed by atoms with Crippen LogP contribution < -0.4 is 5.32 Å². The third-order valence-corrected chi connectivity index (χ3v) is 5.29. The van der Waals surface area contributed by atoms with Crippen LogP contribution in [0.15, 0.2) is 41.3 Å². The molecular weight excluding hydrogens is 361 g/mol. The minimum atomic E-state index is 0. The molecule has 0 radical (unpaired) electrons. The maximum atomic E-state index is 12.7. The highest BCUT2D eigenvalue weighted by atomic mass is 35.5. The van der Waals surface area contributed by atoms with Gasteiger partial charge in [0.15, 0.2) is 12.2 Å². The van der Waals surface area contributed by atoms with Crippen molar-refractivity contribution < 1.29 is 9.21 Å². The Bertz CT molecular complexity index is 673. The molecule has 2 saturated heterocycles. The Kier molecular flexibility index (Phi) is 6.49. The van der Waals surface area contributed by atoms with Gasteiger partial charge in [-0.15, -0.1) is 24.8 Å². The molecule has 7 heteroatoms. The van der Waals surface area contributed by atoms with Gasteiger partial charge in [-0.3, -0.25) is 4.79 Å². The summed E-state index contributed by atoms with van der Waals surface area (Å²) in [4.78, 5) is 18.6. The van der Waals surface area contributed by atoms with Crippen molar-refractivity contribution >= 4 is 30.7 Å². The first kappa shape index (κ1) is 19.8. The van der Waals surface area contributed by atoms with Crippen molar-refractivity contribution in [1.29, 1.82) is 0 Å². The fourth-order valence-corrected chi connectivity index (χ4v) is 3.72. The first-order chi connectivity index (χ1) is 11.3. The van der Waals surface area contributed by atoms with Gasteiger partial charge < -0.3 is 14.6 Å². The van der Waals surface area contributed by atoms with E-state index < -0.39 is 0 Å². The Hall–Kier alpha value is -1.56. The molecule has 136 valence electrons. The molecule has 4 rings (SSSR count). The first-order valence-corrected chi connectivity index (χ1v) is 8.25. The van der Waals surface area contributed by atoms with E-state index in [4.69, 9.17) is 4.42 Å². The Morgan fingerprint density at radius 1 is 1.12 bits per heavy atom. The molecule has 3 heterocycles. The molecule has 1 spiro atoms. The van der Waals surface area contributed by atoms with Gasteiger partial charge in [0, 0.05) is 30.8 Å². The van der Waals surface area contributed by atoms with Gasteiger partial charge in [0.1, 0.15) is 0 Å². The van der Waals surface area contributed by atoms with E-state index in [1.807, 2.05) is 29.2 Å². The van der Waals surface area contributed by atoms with Gasteiger partial charge in [0.05, 0.1) is 6.20 Å². The number of piperidine rings is 1. The standard InChI is InChI=1S/C18H21N3O2.2ClH/c22-17(21-9-6-18(7-10-21)5-8-19-12-18)15-3-1-14(2-4-15)16-11-20-13-23-16;;/h1-4,11,13,19H,5-10,12H2;2*1H. The van der Waals surface area contributed by atoms with E-state index in [1.54, 1.807) is 6.20 Å². The first-order valence-electron chi connectivity index (χ1n) is 8.25. The molecule has 1 aromatic heterocycles. The van der Waals surface area contributed by atoms with Crippen LogP contribution in [0.1, 0.15) is 29.6 Å². The maximum absolute atomic E-state index is 12.7. The van der Waals surface area contributed by atoms with Gasteiger partial charge in [-0.1, -0.05) is 12.1 Å².